The third-order valence-electron chi connectivity index (χ3n) is 5.59. The van der Waals surface area contributed by atoms with Crippen LogP contribution in [-0.2, 0) is 26.1 Å². The minimum Gasteiger partial charge on any atom is -0.379 e. The van der Waals surface area contributed by atoms with Gasteiger partial charge in [0.1, 0.15) is 11.4 Å². The molecule has 0 aromatic carbocycles. The van der Waals surface area contributed by atoms with Crippen molar-refractivity contribution in [1.29, 1.82) is 0 Å². The van der Waals surface area contributed by atoms with Crippen LogP contribution in [0.5, 0.6) is 0 Å². The molecule has 27 heavy (non-hydrogen) atoms. The number of piperidine rings is 1. The van der Waals surface area contributed by atoms with Gasteiger partial charge in [0.2, 0.25) is 15.9 Å². The van der Waals surface area contributed by atoms with E-state index in [9.17, 15) is 13.2 Å². The number of hydrogen-bond acceptors (Lipinski definition) is 5. The van der Waals surface area contributed by atoms with Gasteiger partial charge in [-0.1, -0.05) is 6.92 Å². The average Bonchev–Trinajstić information content (AvgIpc) is 2.96. The summed E-state index contributed by atoms with van der Waals surface area (Å²) in [5.41, 5.74) is 0.967. The molecule has 0 radical (unpaired) electrons. The highest BCUT2D eigenvalue weighted by Crippen LogP contribution is 2.25. The van der Waals surface area contributed by atoms with Crippen molar-refractivity contribution in [3.8, 4) is 0 Å². The molecule has 1 aromatic rings. The van der Waals surface area contributed by atoms with E-state index in [2.05, 4.69) is 12.0 Å². The number of carbonyl (C=O) groups is 1. The fraction of sp³-hybridized carbons (Fsp3) is 0.778. The van der Waals surface area contributed by atoms with E-state index >= 15 is 0 Å². The van der Waals surface area contributed by atoms with E-state index < -0.39 is 10.0 Å². The highest BCUT2D eigenvalue weighted by Gasteiger charge is 2.33. The van der Waals surface area contributed by atoms with Crippen molar-refractivity contribution in [3.63, 3.8) is 0 Å². The number of ether oxygens (including phenoxy) is 1. The topological polar surface area (TPSA) is 84.7 Å². The molecule has 1 atom stereocenters. The summed E-state index contributed by atoms with van der Waals surface area (Å²) in [7, 11) is -3.63. The van der Waals surface area contributed by atoms with Crippen molar-refractivity contribution >= 4 is 15.9 Å². The Kier molecular flexibility index (Phi) is 6.22. The number of sulfonamides is 1. The van der Waals surface area contributed by atoms with Crippen molar-refractivity contribution in [1.82, 2.24) is 19.0 Å². The molecular formula is C18H30N4O4S. The van der Waals surface area contributed by atoms with E-state index in [4.69, 9.17) is 4.74 Å². The summed E-state index contributed by atoms with van der Waals surface area (Å²) in [6.07, 6.45) is 4.16. The minimum atomic E-state index is -3.63. The Bertz CT molecular complexity index is 784. The number of hydrogen-bond donors (Lipinski definition) is 0. The van der Waals surface area contributed by atoms with Crippen LogP contribution in [0.2, 0.25) is 0 Å². The summed E-state index contributed by atoms with van der Waals surface area (Å²) in [6.45, 7) is 7.87. The third kappa shape index (κ3) is 4.05. The number of nitrogens with zero attached hydrogens (tertiary/aromatic N) is 4. The van der Waals surface area contributed by atoms with Crippen molar-refractivity contribution < 1.29 is 17.9 Å². The lowest BCUT2D eigenvalue weighted by Gasteiger charge is -2.35. The molecule has 0 aliphatic carbocycles. The van der Waals surface area contributed by atoms with Gasteiger partial charge in [0, 0.05) is 25.7 Å². The van der Waals surface area contributed by atoms with Crippen LogP contribution in [0.4, 0.5) is 0 Å². The van der Waals surface area contributed by atoms with Crippen LogP contribution in [0.3, 0.4) is 0 Å². The van der Waals surface area contributed by atoms with Gasteiger partial charge in [-0.15, -0.1) is 0 Å². The van der Waals surface area contributed by atoms with Crippen molar-refractivity contribution in [2.75, 3.05) is 32.8 Å². The molecule has 9 heteroatoms. The number of aromatic nitrogens is 2. The van der Waals surface area contributed by atoms with Crippen LogP contribution in [0.25, 0.3) is 0 Å². The minimum absolute atomic E-state index is 0.0162. The molecule has 152 valence electrons. The molecule has 8 nitrogen and oxygen atoms in total. The lowest BCUT2D eigenvalue weighted by Crippen LogP contribution is -2.45. The Balaban J connectivity index is 1.82. The van der Waals surface area contributed by atoms with E-state index in [-0.39, 0.29) is 23.4 Å². The van der Waals surface area contributed by atoms with Gasteiger partial charge in [-0.05, 0) is 39.5 Å². The summed E-state index contributed by atoms with van der Waals surface area (Å²) < 4.78 is 34.3. The molecule has 0 spiro atoms. The first-order valence-electron chi connectivity index (χ1n) is 9.77. The van der Waals surface area contributed by atoms with Gasteiger partial charge in [0.05, 0.1) is 24.6 Å². The molecule has 1 unspecified atom stereocenters. The lowest BCUT2D eigenvalue weighted by atomic mass is 10.00. The van der Waals surface area contributed by atoms with Gasteiger partial charge in [-0.25, -0.2) is 8.42 Å². The number of likely N-dealkylation sites (tertiary alicyclic amines) is 1. The van der Waals surface area contributed by atoms with E-state index in [1.165, 1.54) is 4.31 Å². The Morgan fingerprint density at radius 1 is 1.19 bits per heavy atom. The smallest absolute Gasteiger partial charge is 0.246 e. The Hall–Kier alpha value is -1.45. The van der Waals surface area contributed by atoms with E-state index in [1.54, 1.807) is 18.5 Å². The summed E-state index contributed by atoms with van der Waals surface area (Å²) >= 11 is 0. The number of aryl methyl sites for hydroxylation is 1. The molecule has 2 fully saturated rings. The molecular weight excluding hydrogens is 368 g/mol. The maximum absolute atomic E-state index is 13.0. The summed E-state index contributed by atoms with van der Waals surface area (Å²) in [5.74, 6) is 0.0162. The van der Waals surface area contributed by atoms with E-state index in [1.807, 2.05) is 4.90 Å². The van der Waals surface area contributed by atoms with Gasteiger partial charge in [-0.3, -0.25) is 9.48 Å². The number of morpholine rings is 1. The monoisotopic (exact) mass is 398 g/mol. The fourth-order valence-corrected chi connectivity index (χ4v) is 5.88. The zero-order valence-corrected chi connectivity index (χ0v) is 17.3. The van der Waals surface area contributed by atoms with Gasteiger partial charge >= 0.3 is 0 Å². The van der Waals surface area contributed by atoms with Crippen LogP contribution in [0.1, 0.15) is 44.0 Å². The molecule has 0 bridgehead atoms. The highest BCUT2D eigenvalue weighted by molar-refractivity contribution is 7.89. The Morgan fingerprint density at radius 3 is 2.56 bits per heavy atom. The van der Waals surface area contributed by atoms with Crippen LogP contribution >= 0.6 is 0 Å². The first kappa shape index (κ1) is 20.3. The second-order valence-electron chi connectivity index (χ2n) is 7.32. The molecule has 3 heterocycles. The molecule has 3 rings (SSSR count). The number of amides is 1. The second kappa shape index (κ2) is 8.28. The molecule has 2 aliphatic heterocycles. The molecule has 1 amide bonds. The highest BCUT2D eigenvalue weighted by atomic mass is 32.2. The molecule has 2 saturated heterocycles. The zero-order chi connectivity index (χ0) is 19.6. The van der Waals surface area contributed by atoms with Crippen molar-refractivity contribution in [2.24, 2.45) is 0 Å². The standard InChI is InChI=1S/C18H30N4O4S/c1-4-16-7-5-6-8-21(16)17(23)13-22-15(3)18(14(2)19-22)27(24,25)20-9-11-26-12-10-20/h16H,4-13H2,1-3H3. The number of rotatable bonds is 5. The predicted octanol–water partition coefficient (Wildman–Crippen LogP) is 1.31. The lowest BCUT2D eigenvalue weighted by molar-refractivity contribution is -0.135. The summed E-state index contributed by atoms with van der Waals surface area (Å²) in [4.78, 5) is 15.0. The molecule has 1 aromatic heterocycles. The SMILES string of the molecule is CCC1CCCCN1C(=O)Cn1nc(C)c(S(=O)(=O)N2CCOCC2)c1C. The number of carbonyl (C=O) groups excluding carboxylic acids is 1. The first-order valence-corrected chi connectivity index (χ1v) is 11.2. The van der Waals surface area contributed by atoms with Crippen molar-refractivity contribution in [2.45, 2.75) is 63.9 Å². The maximum Gasteiger partial charge on any atom is 0.246 e. The zero-order valence-electron chi connectivity index (χ0n) is 16.5. The molecule has 0 N–H and O–H groups in total. The van der Waals surface area contributed by atoms with Crippen LogP contribution in [0, 0.1) is 13.8 Å². The van der Waals surface area contributed by atoms with E-state index in [0.717, 1.165) is 32.2 Å². The van der Waals surface area contributed by atoms with Crippen LogP contribution in [0.15, 0.2) is 4.90 Å². The van der Waals surface area contributed by atoms with E-state index in [0.29, 0.717) is 37.7 Å². The normalized spacial score (nSPS) is 22.2. The summed E-state index contributed by atoms with van der Waals surface area (Å²) in [6, 6.07) is 0.278. The van der Waals surface area contributed by atoms with Gasteiger partial charge in [-0.2, -0.15) is 9.40 Å². The fourth-order valence-electron chi connectivity index (χ4n) is 4.10. The quantitative estimate of drug-likeness (QED) is 0.747. The molecule has 2 aliphatic rings. The van der Waals surface area contributed by atoms with Gasteiger partial charge < -0.3 is 9.64 Å². The third-order valence-corrected chi connectivity index (χ3v) is 7.74. The summed E-state index contributed by atoms with van der Waals surface area (Å²) in [5, 5.41) is 4.39. The van der Waals surface area contributed by atoms with Crippen LogP contribution < -0.4 is 0 Å². The Morgan fingerprint density at radius 2 is 1.89 bits per heavy atom. The van der Waals surface area contributed by atoms with Crippen LogP contribution in [-0.4, -0.2) is 72.2 Å². The van der Waals surface area contributed by atoms with Gasteiger partial charge in [0.25, 0.3) is 0 Å². The first-order chi connectivity index (χ1) is 12.9. The maximum atomic E-state index is 13.0. The van der Waals surface area contributed by atoms with Gasteiger partial charge in [0.15, 0.2) is 0 Å². The second-order valence-corrected chi connectivity index (χ2v) is 9.19. The average molecular weight is 399 g/mol. The Labute approximate surface area is 161 Å². The predicted molar refractivity (Wildman–Crippen MR) is 101 cm³/mol. The molecule has 0 saturated carbocycles. The van der Waals surface area contributed by atoms with Crippen molar-refractivity contribution in [3.05, 3.63) is 11.4 Å². The largest absolute Gasteiger partial charge is 0.379 e.